The van der Waals surface area contributed by atoms with E-state index in [4.69, 9.17) is 0 Å². The van der Waals surface area contributed by atoms with Gasteiger partial charge in [-0.1, -0.05) is 12.1 Å². The number of thiazole rings is 1. The summed E-state index contributed by atoms with van der Waals surface area (Å²) in [6.45, 7) is 3.58. The first-order chi connectivity index (χ1) is 16.6. The monoisotopic (exact) mass is 469 g/mol. The van der Waals surface area contributed by atoms with Gasteiger partial charge in [0, 0.05) is 49.1 Å². The molecule has 1 fully saturated rings. The van der Waals surface area contributed by atoms with Crippen LogP contribution in [0.5, 0.6) is 0 Å². The maximum absolute atomic E-state index is 15.1. The largest absolute Gasteiger partial charge is 0.367 e. The minimum atomic E-state index is -0.178. The summed E-state index contributed by atoms with van der Waals surface area (Å²) in [6.07, 6.45) is 1.80. The molecular formula is C27H24FN5S. The first-order valence-electron chi connectivity index (χ1n) is 11.4. The highest BCUT2D eigenvalue weighted by Crippen LogP contribution is 2.33. The minimum absolute atomic E-state index is 0.178. The van der Waals surface area contributed by atoms with Crippen molar-refractivity contribution in [3.8, 4) is 11.1 Å². The van der Waals surface area contributed by atoms with Crippen LogP contribution in [0.4, 0.5) is 21.5 Å². The third kappa shape index (κ3) is 3.97. The number of hydrogen-bond acceptors (Lipinski definition) is 6. The van der Waals surface area contributed by atoms with Gasteiger partial charge in [-0.05, 0) is 66.7 Å². The Morgan fingerprint density at radius 1 is 0.853 bits per heavy atom. The van der Waals surface area contributed by atoms with Crippen molar-refractivity contribution in [3.05, 3.63) is 78.2 Å². The lowest BCUT2D eigenvalue weighted by atomic mass is 10.0. The number of nitrogens with one attached hydrogen (secondary N) is 1. The lowest BCUT2D eigenvalue weighted by Gasteiger charge is -2.34. The van der Waals surface area contributed by atoms with E-state index in [9.17, 15) is 0 Å². The van der Waals surface area contributed by atoms with Crippen molar-refractivity contribution >= 4 is 49.5 Å². The van der Waals surface area contributed by atoms with Gasteiger partial charge in [-0.3, -0.25) is 4.98 Å². The van der Waals surface area contributed by atoms with Crippen LogP contribution in [-0.4, -0.2) is 48.1 Å². The zero-order chi connectivity index (χ0) is 23.1. The fourth-order valence-corrected chi connectivity index (χ4v) is 5.17. The molecule has 1 saturated heterocycles. The number of nitrogens with zero attached hydrogens (tertiary/aromatic N) is 4. The van der Waals surface area contributed by atoms with Crippen molar-refractivity contribution in [2.75, 3.05) is 43.4 Å². The number of hydrogen-bond donors (Lipinski definition) is 1. The van der Waals surface area contributed by atoms with Gasteiger partial charge >= 0.3 is 0 Å². The second-order valence-corrected chi connectivity index (χ2v) is 9.59. The lowest BCUT2D eigenvalue weighted by molar-refractivity contribution is 0.311. The van der Waals surface area contributed by atoms with Crippen molar-refractivity contribution < 1.29 is 4.39 Å². The average molecular weight is 470 g/mol. The number of pyridine rings is 1. The van der Waals surface area contributed by atoms with Gasteiger partial charge in [-0.15, -0.1) is 11.3 Å². The smallest absolute Gasteiger partial charge is 0.147 e. The molecule has 5 nitrogen and oxygen atoms in total. The summed E-state index contributed by atoms with van der Waals surface area (Å²) in [6, 6.07) is 19.8. The number of likely N-dealkylation sites (N-methyl/N-ethyl adjacent to an activating group) is 1. The normalized spacial score (nSPS) is 14.7. The Morgan fingerprint density at radius 2 is 1.68 bits per heavy atom. The summed E-state index contributed by atoms with van der Waals surface area (Å²) in [5.41, 5.74) is 8.15. The average Bonchev–Trinajstić information content (AvgIpc) is 3.33. The summed E-state index contributed by atoms with van der Waals surface area (Å²) in [7, 11) is 2.10. The molecule has 0 radical (unpaired) electrons. The summed E-state index contributed by atoms with van der Waals surface area (Å²) < 4.78 is 16.3. The Balaban J connectivity index is 1.33. The molecule has 0 amide bonds. The fraction of sp³-hybridized carbons (Fsp3) is 0.185. The van der Waals surface area contributed by atoms with E-state index < -0.39 is 0 Å². The molecule has 0 aliphatic carbocycles. The van der Waals surface area contributed by atoms with Gasteiger partial charge in [0.05, 0.1) is 26.9 Å². The summed E-state index contributed by atoms with van der Waals surface area (Å²) in [5.74, 6) is -0.178. The van der Waals surface area contributed by atoms with Gasteiger partial charge in [0.15, 0.2) is 0 Å². The highest BCUT2D eigenvalue weighted by atomic mass is 32.1. The first-order valence-corrected chi connectivity index (χ1v) is 12.2. The van der Waals surface area contributed by atoms with Gasteiger partial charge in [0.1, 0.15) is 5.82 Å². The molecule has 7 heteroatoms. The molecule has 170 valence electrons. The SMILES string of the molecule is CN1CCN(c2ccc(-c3ccc4nccc(Nc5ccc6scnc6c5)c4c3)cc2F)CC1. The Bertz CT molecular complexity index is 1490. The highest BCUT2D eigenvalue weighted by molar-refractivity contribution is 7.16. The fourth-order valence-electron chi connectivity index (χ4n) is 4.52. The molecule has 2 aromatic heterocycles. The summed E-state index contributed by atoms with van der Waals surface area (Å²) in [4.78, 5) is 13.3. The predicted molar refractivity (Wildman–Crippen MR) is 140 cm³/mol. The molecule has 1 aliphatic heterocycles. The number of benzene rings is 3. The Kier molecular flexibility index (Phi) is 5.36. The van der Waals surface area contributed by atoms with Crippen molar-refractivity contribution in [1.29, 1.82) is 0 Å². The van der Waals surface area contributed by atoms with Gasteiger partial charge in [-0.2, -0.15) is 0 Å². The van der Waals surface area contributed by atoms with E-state index in [1.807, 2.05) is 35.8 Å². The molecule has 1 aliphatic rings. The zero-order valence-corrected chi connectivity index (χ0v) is 19.6. The number of halogens is 1. The summed E-state index contributed by atoms with van der Waals surface area (Å²) in [5, 5.41) is 4.50. The van der Waals surface area contributed by atoms with E-state index in [1.165, 1.54) is 0 Å². The maximum atomic E-state index is 15.1. The molecule has 34 heavy (non-hydrogen) atoms. The molecule has 6 rings (SSSR count). The van der Waals surface area contributed by atoms with Crippen molar-refractivity contribution in [1.82, 2.24) is 14.9 Å². The molecular weight excluding hydrogens is 445 g/mol. The number of aromatic nitrogens is 2. The molecule has 5 aromatic rings. The molecule has 0 bridgehead atoms. The number of fused-ring (bicyclic) bond motifs is 2. The van der Waals surface area contributed by atoms with E-state index >= 15 is 4.39 Å². The van der Waals surface area contributed by atoms with Gasteiger partial charge in [-0.25, -0.2) is 9.37 Å². The Hall–Kier alpha value is -3.55. The maximum Gasteiger partial charge on any atom is 0.147 e. The van der Waals surface area contributed by atoms with Crippen LogP contribution in [0.15, 0.2) is 72.4 Å². The second-order valence-electron chi connectivity index (χ2n) is 8.71. The van der Waals surface area contributed by atoms with Crippen molar-refractivity contribution in [2.45, 2.75) is 0 Å². The molecule has 1 N–H and O–H groups in total. The zero-order valence-electron chi connectivity index (χ0n) is 18.8. The highest BCUT2D eigenvalue weighted by Gasteiger charge is 2.18. The van der Waals surface area contributed by atoms with E-state index in [0.29, 0.717) is 5.69 Å². The minimum Gasteiger partial charge on any atom is -0.367 e. The van der Waals surface area contributed by atoms with Gasteiger partial charge in [0.2, 0.25) is 0 Å². The van der Waals surface area contributed by atoms with Crippen molar-refractivity contribution in [3.63, 3.8) is 0 Å². The molecule has 0 atom stereocenters. The van der Waals surface area contributed by atoms with Crippen LogP contribution in [-0.2, 0) is 0 Å². The van der Waals surface area contributed by atoms with E-state index in [1.54, 1.807) is 23.6 Å². The van der Waals surface area contributed by atoms with E-state index in [0.717, 1.165) is 69.8 Å². The third-order valence-electron chi connectivity index (χ3n) is 6.48. The molecule has 3 heterocycles. The first kappa shape index (κ1) is 21.0. The molecule has 3 aromatic carbocycles. The Morgan fingerprint density at radius 3 is 2.53 bits per heavy atom. The third-order valence-corrected chi connectivity index (χ3v) is 7.29. The van der Waals surface area contributed by atoms with Crippen LogP contribution in [0.3, 0.4) is 0 Å². The van der Waals surface area contributed by atoms with E-state index in [2.05, 4.69) is 56.4 Å². The molecule has 0 saturated carbocycles. The van der Waals surface area contributed by atoms with Crippen LogP contribution < -0.4 is 10.2 Å². The molecule has 0 spiro atoms. The lowest BCUT2D eigenvalue weighted by Crippen LogP contribution is -2.44. The number of rotatable bonds is 4. The summed E-state index contributed by atoms with van der Waals surface area (Å²) >= 11 is 1.63. The van der Waals surface area contributed by atoms with Crippen LogP contribution in [0.2, 0.25) is 0 Å². The number of piperazine rings is 1. The van der Waals surface area contributed by atoms with Crippen LogP contribution in [0, 0.1) is 5.82 Å². The predicted octanol–water partition coefficient (Wildman–Crippen LogP) is 6.15. The van der Waals surface area contributed by atoms with Crippen LogP contribution in [0.25, 0.3) is 32.2 Å². The van der Waals surface area contributed by atoms with Crippen LogP contribution in [0.1, 0.15) is 0 Å². The van der Waals surface area contributed by atoms with Crippen LogP contribution >= 0.6 is 11.3 Å². The topological polar surface area (TPSA) is 44.3 Å². The number of anilines is 3. The molecule has 0 unspecified atom stereocenters. The second kappa shape index (κ2) is 8.66. The standard InChI is InChI=1S/C27H24FN5S/c1-32-10-12-33(13-11-32)26-6-3-19(15-22(26)28)18-2-5-23-21(14-18)24(8-9-29-23)31-20-4-7-27-25(16-20)30-17-34-27/h2-9,14-17H,10-13H2,1H3,(H,29,31). The van der Waals surface area contributed by atoms with Gasteiger partial charge < -0.3 is 15.1 Å². The van der Waals surface area contributed by atoms with E-state index in [-0.39, 0.29) is 5.82 Å². The van der Waals surface area contributed by atoms with Crippen molar-refractivity contribution in [2.24, 2.45) is 0 Å². The quantitative estimate of drug-likeness (QED) is 0.342. The van der Waals surface area contributed by atoms with Gasteiger partial charge in [0.25, 0.3) is 0 Å². The Labute approximate surface area is 201 Å².